The van der Waals surface area contributed by atoms with Gasteiger partial charge in [-0.1, -0.05) is 193 Å². The van der Waals surface area contributed by atoms with Crippen LogP contribution in [0.3, 0.4) is 0 Å². The van der Waals surface area contributed by atoms with Gasteiger partial charge in [0.1, 0.15) is 0 Å². The number of para-hydroxylation sites is 3. The van der Waals surface area contributed by atoms with E-state index in [0.29, 0.717) is 5.69 Å². The van der Waals surface area contributed by atoms with Gasteiger partial charge in [-0.15, -0.1) is 0 Å². The summed E-state index contributed by atoms with van der Waals surface area (Å²) in [6, 6.07) is 59.9. The summed E-state index contributed by atoms with van der Waals surface area (Å²) in [5.74, 6) is 0. The molecule has 0 aliphatic heterocycles. The molecule has 1 aliphatic carbocycles. The highest BCUT2D eigenvalue weighted by Gasteiger charge is 2.45. The molecule has 0 saturated heterocycles. The zero-order valence-electron chi connectivity index (χ0n) is 31.7. The molecule has 0 saturated carbocycles. The van der Waals surface area contributed by atoms with Crippen LogP contribution < -0.4 is 11.1 Å². The SMILES string of the molecule is CC(C)(C)c1cc(-c2cccc(-c3ccc(C4(c5ccccc5)c5ccccc5-c5ccccc54)cc3)c2Nc2ccccc2N)cc(C(C)(C)C)c1. The monoisotopic (exact) mass is 688 g/mol. The topological polar surface area (TPSA) is 38.0 Å². The number of nitrogens with two attached hydrogens (primary N) is 1. The Bertz CT molecular complexity index is 2360. The van der Waals surface area contributed by atoms with E-state index in [0.717, 1.165) is 28.1 Å². The van der Waals surface area contributed by atoms with Gasteiger partial charge in [0.2, 0.25) is 0 Å². The van der Waals surface area contributed by atoms with Crippen LogP contribution in [0.5, 0.6) is 0 Å². The van der Waals surface area contributed by atoms with Gasteiger partial charge in [0.25, 0.3) is 0 Å². The van der Waals surface area contributed by atoms with E-state index in [1.54, 1.807) is 0 Å². The average molecular weight is 689 g/mol. The van der Waals surface area contributed by atoms with Crippen LogP contribution in [0.15, 0.2) is 164 Å². The maximum atomic E-state index is 6.58. The zero-order valence-corrected chi connectivity index (χ0v) is 31.7. The number of hydrogen-bond donors (Lipinski definition) is 2. The minimum absolute atomic E-state index is 0.00686. The highest BCUT2D eigenvalue weighted by atomic mass is 14.9. The summed E-state index contributed by atoms with van der Waals surface area (Å²) >= 11 is 0. The van der Waals surface area contributed by atoms with Crippen LogP contribution >= 0.6 is 0 Å². The largest absolute Gasteiger partial charge is 0.397 e. The van der Waals surface area contributed by atoms with Crippen molar-refractivity contribution in [2.24, 2.45) is 0 Å². The molecule has 0 radical (unpaired) electrons. The second kappa shape index (κ2) is 13.0. The molecule has 1 aliphatic rings. The molecule has 0 amide bonds. The number of rotatable bonds is 6. The number of hydrogen-bond acceptors (Lipinski definition) is 2. The molecule has 262 valence electrons. The van der Waals surface area contributed by atoms with Crippen LogP contribution in [-0.4, -0.2) is 0 Å². The number of fused-ring (bicyclic) bond motifs is 3. The van der Waals surface area contributed by atoms with Crippen molar-refractivity contribution >= 4 is 17.1 Å². The van der Waals surface area contributed by atoms with Crippen molar-refractivity contribution in [2.75, 3.05) is 11.1 Å². The minimum Gasteiger partial charge on any atom is -0.397 e. The van der Waals surface area contributed by atoms with E-state index in [9.17, 15) is 0 Å². The van der Waals surface area contributed by atoms with Crippen LogP contribution in [0.25, 0.3) is 33.4 Å². The van der Waals surface area contributed by atoms with Gasteiger partial charge in [0.15, 0.2) is 0 Å². The number of nitrogen functional groups attached to an aromatic ring is 1. The van der Waals surface area contributed by atoms with Crippen molar-refractivity contribution in [3.63, 3.8) is 0 Å². The lowest BCUT2D eigenvalue weighted by atomic mass is 9.67. The molecule has 2 heteroatoms. The van der Waals surface area contributed by atoms with Crippen LogP contribution in [-0.2, 0) is 16.2 Å². The lowest BCUT2D eigenvalue weighted by Crippen LogP contribution is -2.28. The van der Waals surface area contributed by atoms with Crippen LogP contribution in [0.2, 0.25) is 0 Å². The van der Waals surface area contributed by atoms with Crippen molar-refractivity contribution in [2.45, 2.75) is 57.8 Å². The lowest BCUT2D eigenvalue weighted by molar-refractivity contribution is 0.569. The predicted molar refractivity (Wildman–Crippen MR) is 226 cm³/mol. The molecular formula is C51H48N2. The van der Waals surface area contributed by atoms with Gasteiger partial charge < -0.3 is 11.1 Å². The summed E-state index contributed by atoms with van der Waals surface area (Å²) in [5.41, 5.74) is 23.8. The summed E-state index contributed by atoms with van der Waals surface area (Å²) in [6.45, 7) is 13.8. The standard InChI is InChI=1S/C51H48N2/c1-49(2,3)38-31-35(32-39(33-38)50(4,5)6)41-22-16-21-40(48(41)53-47-26-15-14-25-46(47)52)34-27-29-37(30-28-34)51(36-17-8-7-9-18-36)44-23-12-10-19-42(44)43-20-11-13-24-45(43)51/h7-33,53H,52H2,1-6H3. The summed E-state index contributed by atoms with van der Waals surface area (Å²) in [6.07, 6.45) is 0. The second-order valence-electron chi connectivity index (χ2n) is 16.5. The van der Waals surface area contributed by atoms with E-state index in [1.165, 1.54) is 50.1 Å². The molecule has 0 fully saturated rings. The molecule has 53 heavy (non-hydrogen) atoms. The number of benzene rings is 7. The van der Waals surface area contributed by atoms with E-state index in [2.05, 4.69) is 192 Å². The smallest absolute Gasteiger partial charge is 0.0713 e. The van der Waals surface area contributed by atoms with E-state index in [4.69, 9.17) is 5.73 Å². The average Bonchev–Trinajstić information content (AvgIpc) is 3.46. The van der Waals surface area contributed by atoms with E-state index in [-0.39, 0.29) is 10.8 Å². The fraction of sp³-hybridized carbons (Fsp3) is 0.176. The third-order valence-corrected chi connectivity index (χ3v) is 11.0. The lowest BCUT2D eigenvalue weighted by Gasteiger charge is -2.34. The highest BCUT2D eigenvalue weighted by molar-refractivity contribution is 5.95. The summed E-state index contributed by atoms with van der Waals surface area (Å²) in [4.78, 5) is 0. The first kappa shape index (κ1) is 34.2. The van der Waals surface area contributed by atoms with Crippen molar-refractivity contribution in [3.8, 4) is 33.4 Å². The maximum Gasteiger partial charge on any atom is 0.0713 e. The molecule has 2 nitrogen and oxygen atoms in total. The fourth-order valence-electron chi connectivity index (χ4n) is 8.17. The molecule has 7 aromatic rings. The molecule has 0 bridgehead atoms. The Morgan fingerprint density at radius 1 is 0.434 bits per heavy atom. The first-order valence-electron chi connectivity index (χ1n) is 18.7. The summed E-state index contributed by atoms with van der Waals surface area (Å²) < 4.78 is 0. The molecule has 0 heterocycles. The van der Waals surface area contributed by atoms with Crippen LogP contribution in [0.4, 0.5) is 17.1 Å². The van der Waals surface area contributed by atoms with Crippen LogP contribution in [0.1, 0.15) is 74.9 Å². The normalized spacial score (nSPS) is 13.3. The Morgan fingerprint density at radius 3 is 1.47 bits per heavy atom. The van der Waals surface area contributed by atoms with Gasteiger partial charge in [-0.2, -0.15) is 0 Å². The Balaban J connectivity index is 1.34. The molecule has 3 N–H and O–H groups in total. The molecule has 0 unspecified atom stereocenters. The van der Waals surface area contributed by atoms with E-state index < -0.39 is 5.41 Å². The first-order valence-corrected chi connectivity index (χ1v) is 18.7. The van der Waals surface area contributed by atoms with Gasteiger partial charge in [0.05, 0.1) is 22.5 Å². The quantitative estimate of drug-likeness (QED) is 0.171. The van der Waals surface area contributed by atoms with E-state index >= 15 is 0 Å². The van der Waals surface area contributed by atoms with Gasteiger partial charge in [-0.3, -0.25) is 0 Å². The first-order chi connectivity index (χ1) is 25.5. The molecule has 0 aromatic heterocycles. The molecule has 0 atom stereocenters. The van der Waals surface area contributed by atoms with Crippen molar-refractivity contribution in [1.29, 1.82) is 0 Å². The highest BCUT2D eigenvalue weighted by Crippen LogP contribution is 2.56. The third kappa shape index (κ3) is 5.93. The number of nitrogens with one attached hydrogen (secondary N) is 1. The van der Waals surface area contributed by atoms with Crippen molar-refractivity contribution < 1.29 is 0 Å². The Labute approximate surface area is 315 Å². The fourth-order valence-corrected chi connectivity index (χ4v) is 8.17. The van der Waals surface area contributed by atoms with Gasteiger partial charge in [-0.25, -0.2) is 0 Å². The van der Waals surface area contributed by atoms with Gasteiger partial charge in [-0.05, 0) is 78.6 Å². The second-order valence-corrected chi connectivity index (χ2v) is 16.5. The molecule has 0 spiro atoms. The maximum absolute atomic E-state index is 6.58. The Kier molecular flexibility index (Phi) is 8.38. The number of anilines is 3. The molecule has 7 aromatic carbocycles. The predicted octanol–water partition coefficient (Wildman–Crippen LogP) is 13.3. The summed E-state index contributed by atoms with van der Waals surface area (Å²) in [7, 11) is 0. The van der Waals surface area contributed by atoms with Crippen LogP contribution in [0, 0.1) is 0 Å². The molecular weight excluding hydrogens is 641 g/mol. The minimum atomic E-state index is -0.439. The third-order valence-electron chi connectivity index (χ3n) is 11.0. The summed E-state index contributed by atoms with van der Waals surface area (Å²) in [5, 5.41) is 3.83. The van der Waals surface area contributed by atoms with Gasteiger partial charge >= 0.3 is 0 Å². The zero-order chi connectivity index (χ0) is 37.0. The van der Waals surface area contributed by atoms with Gasteiger partial charge in [0, 0.05) is 11.1 Å². The Morgan fingerprint density at radius 2 is 0.906 bits per heavy atom. The van der Waals surface area contributed by atoms with E-state index in [1.807, 2.05) is 18.2 Å². The molecule has 8 rings (SSSR count). The van der Waals surface area contributed by atoms with Crippen molar-refractivity contribution in [3.05, 3.63) is 197 Å². The Hall–Kier alpha value is -5.86. The van der Waals surface area contributed by atoms with Crippen molar-refractivity contribution in [1.82, 2.24) is 0 Å².